The van der Waals surface area contributed by atoms with Crippen LogP contribution in [-0.2, 0) is 6.42 Å². The molecule has 2 amide bonds. The molecule has 2 aromatic rings. The summed E-state index contributed by atoms with van der Waals surface area (Å²) in [6.07, 6.45) is 2.68. The molecule has 20 heavy (non-hydrogen) atoms. The predicted octanol–water partition coefficient (Wildman–Crippen LogP) is 2.00. The number of hydrogen-bond acceptors (Lipinski definition) is 3. The molecule has 0 spiro atoms. The van der Waals surface area contributed by atoms with E-state index in [4.69, 9.17) is 5.73 Å². The number of hydrogen-bond donors (Lipinski definition) is 2. The summed E-state index contributed by atoms with van der Waals surface area (Å²) in [6.45, 7) is 0.652. The summed E-state index contributed by atoms with van der Waals surface area (Å²) in [5.74, 6) is -0.603. The molecular weight excluding hydrogens is 252 g/mol. The Hall–Kier alpha value is -2.20. The van der Waals surface area contributed by atoms with E-state index in [0.29, 0.717) is 17.7 Å². The number of amides is 2. The van der Waals surface area contributed by atoms with Crippen LogP contribution in [0.25, 0.3) is 10.8 Å². The van der Waals surface area contributed by atoms with Gasteiger partial charge in [-0.3, -0.25) is 14.9 Å². The lowest BCUT2D eigenvalue weighted by Crippen LogP contribution is -2.35. The molecule has 0 unspecified atom stereocenters. The smallest absolute Gasteiger partial charge is 0.259 e. The molecule has 2 aromatic carbocycles. The molecule has 0 atom stereocenters. The molecule has 1 heterocycles. The van der Waals surface area contributed by atoms with Gasteiger partial charge in [-0.1, -0.05) is 24.3 Å². The number of rotatable bonds is 4. The van der Waals surface area contributed by atoms with E-state index in [9.17, 15) is 9.59 Å². The van der Waals surface area contributed by atoms with Gasteiger partial charge in [-0.2, -0.15) is 0 Å². The van der Waals surface area contributed by atoms with Crippen molar-refractivity contribution >= 4 is 22.6 Å². The van der Waals surface area contributed by atoms with Crippen LogP contribution in [0.5, 0.6) is 0 Å². The minimum Gasteiger partial charge on any atom is -0.330 e. The first-order chi connectivity index (χ1) is 9.72. The van der Waals surface area contributed by atoms with Gasteiger partial charge < -0.3 is 5.73 Å². The van der Waals surface area contributed by atoms with Gasteiger partial charge in [0.25, 0.3) is 11.8 Å². The van der Waals surface area contributed by atoms with Crippen molar-refractivity contribution in [2.45, 2.75) is 19.3 Å². The monoisotopic (exact) mass is 268 g/mol. The van der Waals surface area contributed by atoms with Crippen LogP contribution in [0.1, 0.15) is 39.1 Å². The van der Waals surface area contributed by atoms with E-state index in [2.05, 4.69) is 5.32 Å². The zero-order chi connectivity index (χ0) is 14.1. The predicted molar refractivity (Wildman–Crippen MR) is 77.7 cm³/mol. The molecule has 0 bridgehead atoms. The zero-order valence-corrected chi connectivity index (χ0v) is 11.1. The minimum atomic E-state index is -0.313. The van der Waals surface area contributed by atoms with Gasteiger partial charge in [0, 0.05) is 10.9 Å². The van der Waals surface area contributed by atoms with Gasteiger partial charge in [0.1, 0.15) is 0 Å². The molecular formula is C16H16N2O2. The first-order valence-corrected chi connectivity index (χ1v) is 6.82. The second-order valence-electron chi connectivity index (χ2n) is 5.03. The van der Waals surface area contributed by atoms with Crippen molar-refractivity contribution in [3.05, 3.63) is 47.0 Å². The topological polar surface area (TPSA) is 72.2 Å². The van der Waals surface area contributed by atoms with E-state index < -0.39 is 0 Å². The molecule has 4 nitrogen and oxygen atoms in total. The summed E-state index contributed by atoms with van der Waals surface area (Å²) < 4.78 is 0. The van der Waals surface area contributed by atoms with Gasteiger partial charge in [-0.05, 0) is 42.8 Å². The number of carbonyl (C=O) groups excluding carboxylic acids is 2. The van der Waals surface area contributed by atoms with Gasteiger partial charge in [0.2, 0.25) is 0 Å². The highest BCUT2D eigenvalue weighted by Gasteiger charge is 2.26. The Bertz CT molecular complexity index is 707. The number of nitrogens with two attached hydrogens (primary N) is 1. The molecule has 102 valence electrons. The van der Waals surface area contributed by atoms with E-state index in [-0.39, 0.29) is 11.8 Å². The Kier molecular flexibility index (Phi) is 3.24. The van der Waals surface area contributed by atoms with E-state index in [1.807, 2.05) is 24.3 Å². The van der Waals surface area contributed by atoms with E-state index in [1.54, 1.807) is 6.07 Å². The lowest BCUT2D eigenvalue weighted by atomic mass is 9.90. The Morgan fingerprint density at radius 1 is 1.00 bits per heavy atom. The summed E-state index contributed by atoms with van der Waals surface area (Å²) in [7, 11) is 0. The number of nitrogens with one attached hydrogen (secondary N) is 1. The van der Waals surface area contributed by atoms with Crippen molar-refractivity contribution in [1.82, 2.24) is 5.32 Å². The summed E-state index contributed by atoms with van der Waals surface area (Å²) in [5.41, 5.74) is 7.73. The first kappa shape index (κ1) is 12.8. The third-order valence-corrected chi connectivity index (χ3v) is 3.73. The highest BCUT2D eigenvalue weighted by Crippen LogP contribution is 2.29. The molecule has 1 aliphatic rings. The standard InChI is InChI=1S/C16H16N2O2/c17-9-2-1-4-11-8-7-10-5-3-6-12-13(10)14(11)16(20)18-15(12)19/h3,5-8H,1-2,4,9,17H2,(H,18,19,20). The lowest BCUT2D eigenvalue weighted by molar-refractivity contribution is 0.0844. The molecule has 3 rings (SSSR count). The van der Waals surface area contributed by atoms with Gasteiger partial charge in [-0.25, -0.2) is 0 Å². The second kappa shape index (κ2) is 5.06. The summed E-state index contributed by atoms with van der Waals surface area (Å²) in [6, 6.07) is 9.49. The molecule has 0 aromatic heterocycles. The average molecular weight is 268 g/mol. The number of imide groups is 1. The Morgan fingerprint density at radius 2 is 1.85 bits per heavy atom. The SMILES string of the molecule is NCCCCc1ccc2cccc3c2c1C(=O)NC3=O. The van der Waals surface area contributed by atoms with Crippen LogP contribution in [0.4, 0.5) is 0 Å². The summed E-state index contributed by atoms with van der Waals surface area (Å²) in [4.78, 5) is 24.1. The zero-order valence-electron chi connectivity index (χ0n) is 11.1. The van der Waals surface area contributed by atoms with Crippen LogP contribution in [-0.4, -0.2) is 18.4 Å². The van der Waals surface area contributed by atoms with Gasteiger partial charge in [-0.15, -0.1) is 0 Å². The number of benzene rings is 2. The molecule has 4 heteroatoms. The Labute approximate surface area is 117 Å². The van der Waals surface area contributed by atoms with Crippen LogP contribution < -0.4 is 11.1 Å². The van der Waals surface area contributed by atoms with Crippen LogP contribution in [0.15, 0.2) is 30.3 Å². The highest BCUT2D eigenvalue weighted by atomic mass is 16.2. The van der Waals surface area contributed by atoms with Crippen molar-refractivity contribution in [3.63, 3.8) is 0 Å². The number of carbonyl (C=O) groups is 2. The van der Waals surface area contributed by atoms with Gasteiger partial charge in [0.15, 0.2) is 0 Å². The summed E-state index contributed by atoms with van der Waals surface area (Å²) in [5, 5.41) is 4.14. The average Bonchev–Trinajstić information content (AvgIpc) is 2.45. The maximum Gasteiger partial charge on any atom is 0.259 e. The van der Waals surface area contributed by atoms with Crippen molar-refractivity contribution in [2.24, 2.45) is 5.73 Å². The van der Waals surface area contributed by atoms with Crippen molar-refractivity contribution in [1.29, 1.82) is 0 Å². The molecule has 0 radical (unpaired) electrons. The van der Waals surface area contributed by atoms with E-state index in [1.165, 1.54) is 0 Å². The maximum atomic E-state index is 12.2. The minimum absolute atomic E-state index is 0.290. The third kappa shape index (κ3) is 1.98. The van der Waals surface area contributed by atoms with Crippen LogP contribution in [0.2, 0.25) is 0 Å². The number of aryl methyl sites for hydroxylation is 1. The third-order valence-electron chi connectivity index (χ3n) is 3.73. The van der Waals surface area contributed by atoms with Crippen molar-refractivity contribution in [2.75, 3.05) is 6.54 Å². The molecule has 0 saturated carbocycles. The fourth-order valence-electron chi connectivity index (χ4n) is 2.77. The van der Waals surface area contributed by atoms with E-state index >= 15 is 0 Å². The molecule has 3 N–H and O–H groups in total. The van der Waals surface area contributed by atoms with Crippen molar-refractivity contribution < 1.29 is 9.59 Å². The second-order valence-corrected chi connectivity index (χ2v) is 5.03. The first-order valence-electron chi connectivity index (χ1n) is 6.82. The quantitative estimate of drug-likeness (QED) is 0.658. The van der Waals surface area contributed by atoms with Crippen LogP contribution in [0.3, 0.4) is 0 Å². The molecule has 0 saturated heterocycles. The summed E-state index contributed by atoms with van der Waals surface area (Å²) >= 11 is 0. The highest BCUT2D eigenvalue weighted by molar-refractivity contribution is 6.26. The largest absolute Gasteiger partial charge is 0.330 e. The molecule has 0 aliphatic carbocycles. The fourth-order valence-corrected chi connectivity index (χ4v) is 2.77. The Morgan fingerprint density at radius 3 is 2.65 bits per heavy atom. The Balaban J connectivity index is 2.18. The van der Waals surface area contributed by atoms with Gasteiger partial charge >= 0.3 is 0 Å². The number of unbranched alkanes of at least 4 members (excludes halogenated alkanes) is 1. The molecule has 0 fully saturated rings. The normalized spacial score (nSPS) is 13.7. The maximum absolute atomic E-state index is 12.2. The van der Waals surface area contributed by atoms with E-state index in [0.717, 1.165) is 35.6 Å². The lowest BCUT2D eigenvalue weighted by Gasteiger charge is -2.19. The van der Waals surface area contributed by atoms with Crippen molar-refractivity contribution in [3.8, 4) is 0 Å². The fraction of sp³-hybridized carbons (Fsp3) is 0.250. The van der Waals surface area contributed by atoms with Crippen LogP contribution >= 0.6 is 0 Å². The molecule has 1 aliphatic heterocycles. The van der Waals surface area contributed by atoms with Crippen LogP contribution in [0, 0.1) is 0 Å². The van der Waals surface area contributed by atoms with Gasteiger partial charge in [0.05, 0.1) is 5.56 Å².